The third kappa shape index (κ3) is 4.51. The molecule has 0 saturated carbocycles. The Bertz CT molecular complexity index is 1450. The highest BCUT2D eigenvalue weighted by molar-refractivity contribution is 8.45. The van der Waals surface area contributed by atoms with E-state index in [4.69, 9.17) is 5.41 Å². The van der Waals surface area contributed by atoms with Crippen molar-refractivity contribution < 1.29 is 4.79 Å². The summed E-state index contributed by atoms with van der Waals surface area (Å²) in [6, 6.07) is 18.6. The van der Waals surface area contributed by atoms with Gasteiger partial charge in [0.1, 0.15) is 0 Å². The van der Waals surface area contributed by atoms with E-state index in [0.29, 0.717) is 5.17 Å². The number of carbonyl (C=O) groups is 1. The van der Waals surface area contributed by atoms with Crippen molar-refractivity contribution in [1.82, 2.24) is 9.58 Å². The van der Waals surface area contributed by atoms with Crippen molar-refractivity contribution in [2.24, 2.45) is 10.1 Å². The molecule has 0 radical (unpaired) electrons. The number of aliphatic imine (C=N–C) groups is 1. The molecule has 0 aliphatic carbocycles. The lowest BCUT2D eigenvalue weighted by Crippen LogP contribution is -2.35. The van der Waals surface area contributed by atoms with Gasteiger partial charge >= 0.3 is 0 Å². The number of rotatable bonds is 4. The molecule has 176 valence electrons. The average molecular weight is 500 g/mol. The summed E-state index contributed by atoms with van der Waals surface area (Å²) in [6.07, 6.45) is 1.77. The number of thioether (sulfide) groups is 2. The van der Waals surface area contributed by atoms with Crippen molar-refractivity contribution in [3.05, 3.63) is 93.8 Å². The van der Waals surface area contributed by atoms with E-state index in [-0.39, 0.29) is 11.4 Å². The largest absolute Gasteiger partial charge is 0.318 e. The van der Waals surface area contributed by atoms with Gasteiger partial charge in [0, 0.05) is 22.8 Å². The summed E-state index contributed by atoms with van der Waals surface area (Å²) in [4.78, 5) is 17.2. The summed E-state index contributed by atoms with van der Waals surface area (Å²) in [5.74, 6) is 0.413. The lowest BCUT2D eigenvalue weighted by Gasteiger charge is -2.20. The van der Waals surface area contributed by atoms with Gasteiger partial charge in [0.25, 0.3) is 5.91 Å². The van der Waals surface area contributed by atoms with Gasteiger partial charge in [-0.1, -0.05) is 54.2 Å². The van der Waals surface area contributed by atoms with Gasteiger partial charge in [-0.3, -0.25) is 10.2 Å². The Balaban J connectivity index is 1.43. The number of aromatic nitrogens is 1. The maximum absolute atomic E-state index is 12.9. The first-order valence-electron chi connectivity index (χ1n) is 11.3. The number of amides is 1. The zero-order valence-electron chi connectivity index (χ0n) is 20.0. The van der Waals surface area contributed by atoms with Crippen LogP contribution in [0.2, 0.25) is 0 Å². The predicted molar refractivity (Wildman–Crippen MR) is 147 cm³/mol. The Morgan fingerprint density at radius 1 is 1.06 bits per heavy atom. The Morgan fingerprint density at radius 3 is 2.60 bits per heavy atom. The second-order valence-electron chi connectivity index (χ2n) is 8.61. The van der Waals surface area contributed by atoms with Crippen LogP contribution in [0.15, 0.2) is 70.3 Å². The quantitative estimate of drug-likeness (QED) is 0.433. The van der Waals surface area contributed by atoms with Crippen molar-refractivity contribution in [1.29, 1.82) is 5.41 Å². The fraction of sp³-hybridized carbons (Fsp3) is 0.185. The van der Waals surface area contributed by atoms with Crippen molar-refractivity contribution in [3.63, 3.8) is 0 Å². The number of benzene rings is 2. The number of nitrogens with zero attached hydrogens (tertiary/aromatic N) is 4. The molecule has 0 saturated heterocycles. The SMILES string of the molecule is Cc1ccc(C)c(-n2c(C)cc(C=C3C(=N)N4N=C(SCc5ccccc5)SC4=NC3=O)c2C)c1. The van der Waals surface area contributed by atoms with Gasteiger partial charge in [0.05, 0.1) is 5.57 Å². The number of aryl methyl sites for hydroxylation is 3. The van der Waals surface area contributed by atoms with E-state index in [1.807, 2.05) is 31.2 Å². The Hall–Kier alpha value is -3.36. The van der Waals surface area contributed by atoms with Crippen LogP contribution in [0, 0.1) is 33.1 Å². The molecule has 0 unspecified atom stereocenters. The first kappa shape index (κ1) is 23.4. The molecule has 2 aliphatic heterocycles. The number of nitrogens with one attached hydrogen (secondary N) is 1. The number of fused-ring (bicyclic) bond motifs is 1. The lowest BCUT2D eigenvalue weighted by molar-refractivity contribution is -0.114. The Labute approximate surface area is 213 Å². The van der Waals surface area contributed by atoms with Crippen LogP contribution in [-0.4, -0.2) is 30.9 Å². The van der Waals surface area contributed by atoms with Crippen LogP contribution in [0.25, 0.3) is 11.8 Å². The molecule has 3 heterocycles. The van der Waals surface area contributed by atoms with Crippen LogP contribution >= 0.6 is 23.5 Å². The van der Waals surface area contributed by atoms with Gasteiger partial charge in [-0.25, -0.2) is 0 Å². The second-order valence-corrected chi connectivity index (χ2v) is 10.8. The van der Waals surface area contributed by atoms with Gasteiger partial charge in [0.15, 0.2) is 10.2 Å². The fourth-order valence-corrected chi connectivity index (χ4v) is 6.06. The van der Waals surface area contributed by atoms with Gasteiger partial charge < -0.3 is 4.57 Å². The van der Waals surface area contributed by atoms with E-state index in [2.05, 4.69) is 65.8 Å². The molecule has 6 nitrogen and oxygen atoms in total. The minimum atomic E-state index is -0.408. The fourth-order valence-electron chi connectivity index (χ4n) is 4.17. The van der Waals surface area contributed by atoms with E-state index in [1.165, 1.54) is 33.5 Å². The molecule has 0 fully saturated rings. The van der Waals surface area contributed by atoms with Crippen LogP contribution < -0.4 is 0 Å². The number of hydrogen-bond acceptors (Lipinski definition) is 5. The molecule has 3 aromatic rings. The lowest BCUT2D eigenvalue weighted by atomic mass is 10.1. The molecular weight excluding hydrogens is 474 g/mol. The first-order valence-corrected chi connectivity index (χ1v) is 13.1. The standard InChI is InChI=1S/C27H25N5OS2/c1-16-10-11-17(2)23(12-16)31-18(3)13-21(19(31)4)14-22-24(28)32-26(29-25(22)33)35-27(30-32)34-15-20-8-6-5-7-9-20/h5-14,28H,15H2,1-4H3. The molecule has 1 aromatic heterocycles. The zero-order chi connectivity index (χ0) is 24.7. The van der Waals surface area contributed by atoms with E-state index in [0.717, 1.165) is 32.8 Å². The van der Waals surface area contributed by atoms with Gasteiger partial charge in [0.2, 0.25) is 5.17 Å². The van der Waals surface area contributed by atoms with Crippen LogP contribution in [0.1, 0.15) is 33.6 Å². The number of hydrazone groups is 1. The summed E-state index contributed by atoms with van der Waals surface area (Å²) >= 11 is 2.91. The molecule has 0 atom stereocenters. The van der Waals surface area contributed by atoms with Crippen molar-refractivity contribution in [2.75, 3.05) is 0 Å². The molecule has 1 amide bonds. The van der Waals surface area contributed by atoms with Crippen LogP contribution in [-0.2, 0) is 10.5 Å². The van der Waals surface area contributed by atoms with E-state index >= 15 is 0 Å². The normalized spacial score (nSPS) is 16.6. The Kier molecular flexibility index (Phi) is 6.25. The number of hydrogen-bond donors (Lipinski definition) is 1. The number of carbonyl (C=O) groups excluding carboxylic acids is 1. The topological polar surface area (TPSA) is 73.8 Å². The highest BCUT2D eigenvalue weighted by Gasteiger charge is 2.36. The third-order valence-corrected chi connectivity index (χ3v) is 8.13. The van der Waals surface area contributed by atoms with E-state index in [1.54, 1.807) is 17.8 Å². The average Bonchev–Trinajstić information content (AvgIpc) is 3.37. The molecule has 5 rings (SSSR count). The first-order chi connectivity index (χ1) is 16.8. The minimum Gasteiger partial charge on any atom is -0.318 e. The monoisotopic (exact) mass is 499 g/mol. The molecule has 0 spiro atoms. The molecule has 35 heavy (non-hydrogen) atoms. The molecule has 0 bridgehead atoms. The third-order valence-electron chi connectivity index (χ3n) is 6.02. The molecule has 2 aromatic carbocycles. The van der Waals surface area contributed by atoms with Crippen molar-refractivity contribution in [3.8, 4) is 5.69 Å². The summed E-state index contributed by atoms with van der Waals surface area (Å²) in [5.41, 5.74) is 7.90. The second kappa shape index (κ2) is 9.36. The minimum absolute atomic E-state index is 0.0550. The number of amidine groups is 2. The maximum atomic E-state index is 12.9. The van der Waals surface area contributed by atoms with Gasteiger partial charge in [-0.2, -0.15) is 10.0 Å². The smallest absolute Gasteiger partial charge is 0.283 e. The summed E-state index contributed by atoms with van der Waals surface area (Å²) in [7, 11) is 0. The highest BCUT2D eigenvalue weighted by Crippen LogP contribution is 2.34. The van der Waals surface area contributed by atoms with Crippen LogP contribution in [0.4, 0.5) is 0 Å². The predicted octanol–water partition coefficient (Wildman–Crippen LogP) is 6.22. The summed E-state index contributed by atoms with van der Waals surface area (Å²) in [6.45, 7) is 8.27. The van der Waals surface area contributed by atoms with Gasteiger partial charge in [-0.15, -0.1) is 5.10 Å². The molecular formula is C27H25N5OS2. The zero-order valence-corrected chi connectivity index (χ0v) is 21.6. The molecule has 2 aliphatic rings. The maximum Gasteiger partial charge on any atom is 0.283 e. The van der Waals surface area contributed by atoms with Crippen LogP contribution in [0.5, 0.6) is 0 Å². The highest BCUT2D eigenvalue weighted by atomic mass is 32.2. The van der Waals surface area contributed by atoms with E-state index in [9.17, 15) is 4.79 Å². The van der Waals surface area contributed by atoms with Gasteiger partial charge in [-0.05, 0) is 79.9 Å². The Morgan fingerprint density at radius 2 is 1.83 bits per heavy atom. The van der Waals surface area contributed by atoms with E-state index < -0.39 is 5.91 Å². The van der Waals surface area contributed by atoms with Crippen LogP contribution in [0.3, 0.4) is 0 Å². The summed E-state index contributed by atoms with van der Waals surface area (Å²) < 4.78 is 2.97. The molecule has 8 heteroatoms. The van der Waals surface area contributed by atoms with Crippen molar-refractivity contribution >= 4 is 50.9 Å². The molecule has 1 N–H and O–H groups in total. The van der Waals surface area contributed by atoms with Crippen molar-refractivity contribution in [2.45, 2.75) is 33.4 Å². The summed E-state index contributed by atoms with van der Waals surface area (Å²) in [5, 5.41) is 15.2.